The lowest BCUT2D eigenvalue weighted by Gasteiger charge is -2.07. The van der Waals surface area contributed by atoms with E-state index in [-0.39, 0.29) is 0 Å². The monoisotopic (exact) mass is 280 g/mol. The highest BCUT2D eigenvalue weighted by molar-refractivity contribution is 6.33. The molecule has 20 heavy (non-hydrogen) atoms. The van der Waals surface area contributed by atoms with Crippen molar-refractivity contribution in [3.05, 3.63) is 60.3 Å². The smallest absolute Gasteiger partial charge is 0.169 e. The minimum Gasteiger partial charge on any atom is -0.283 e. The number of hydrogen-bond donors (Lipinski definition) is 0. The van der Waals surface area contributed by atoms with Gasteiger partial charge in [0.2, 0.25) is 0 Å². The molecule has 2 heterocycles. The molecule has 5 heteroatoms. The van der Waals surface area contributed by atoms with Gasteiger partial charge in [0.05, 0.1) is 5.69 Å². The summed E-state index contributed by atoms with van der Waals surface area (Å²) >= 11 is 6.05. The number of nitrogens with zero attached hydrogens (tertiary/aromatic N) is 4. The van der Waals surface area contributed by atoms with Crippen LogP contribution in [0.1, 0.15) is 0 Å². The second-order valence-corrected chi connectivity index (χ2v) is 4.81. The van der Waals surface area contributed by atoms with E-state index in [0.29, 0.717) is 16.3 Å². The van der Waals surface area contributed by atoms with E-state index in [1.165, 1.54) is 11.7 Å². The zero-order chi connectivity index (χ0) is 13.5. The van der Waals surface area contributed by atoms with Crippen LogP contribution < -0.4 is 0 Å². The average Bonchev–Trinajstić information content (AvgIpc) is 2.92. The van der Waals surface area contributed by atoms with Crippen LogP contribution in [-0.4, -0.2) is 19.5 Å². The Morgan fingerprint density at radius 1 is 0.900 bits per heavy atom. The minimum absolute atomic E-state index is 0.369. The fourth-order valence-corrected chi connectivity index (χ4v) is 2.58. The normalized spacial score (nSPS) is 11.2. The highest BCUT2D eigenvalue weighted by Crippen LogP contribution is 2.26. The molecule has 0 saturated heterocycles. The second-order valence-electron chi connectivity index (χ2n) is 4.45. The van der Waals surface area contributed by atoms with Crippen molar-refractivity contribution in [3.63, 3.8) is 0 Å². The molecule has 0 radical (unpaired) electrons. The summed E-state index contributed by atoms with van der Waals surface area (Å²) in [6.07, 6.45) is 3.18. The molecule has 0 bridgehead atoms. The molecule has 0 fully saturated rings. The van der Waals surface area contributed by atoms with Gasteiger partial charge in [0.15, 0.2) is 10.8 Å². The Bertz CT molecular complexity index is 924. The van der Waals surface area contributed by atoms with Gasteiger partial charge in [-0.2, -0.15) is 0 Å². The Labute approximate surface area is 119 Å². The summed E-state index contributed by atoms with van der Waals surface area (Å²) in [6, 6.07) is 14.4. The van der Waals surface area contributed by atoms with Gasteiger partial charge in [-0.05, 0) is 11.5 Å². The van der Waals surface area contributed by atoms with E-state index >= 15 is 0 Å². The van der Waals surface area contributed by atoms with Gasteiger partial charge in [0.25, 0.3) is 0 Å². The Balaban J connectivity index is 2.09. The third-order valence-corrected chi connectivity index (χ3v) is 3.59. The van der Waals surface area contributed by atoms with Gasteiger partial charge in [-0.3, -0.25) is 4.57 Å². The van der Waals surface area contributed by atoms with Crippen LogP contribution in [0.5, 0.6) is 0 Å². The maximum Gasteiger partial charge on any atom is 0.169 e. The molecule has 0 aliphatic carbocycles. The predicted molar refractivity (Wildman–Crippen MR) is 79.2 cm³/mol. The first-order valence-corrected chi connectivity index (χ1v) is 6.54. The zero-order valence-electron chi connectivity index (χ0n) is 10.4. The van der Waals surface area contributed by atoms with E-state index in [9.17, 15) is 0 Å². The van der Waals surface area contributed by atoms with Crippen molar-refractivity contribution in [1.82, 2.24) is 19.5 Å². The predicted octanol–water partition coefficient (Wildman–Crippen LogP) is 3.62. The summed E-state index contributed by atoms with van der Waals surface area (Å²) < 4.78 is 1.94. The first-order chi connectivity index (χ1) is 9.84. The lowest BCUT2D eigenvalue weighted by Crippen LogP contribution is -1.95. The van der Waals surface area contributed by atoms with Crippen molar-refractivity contribution < 1.29 is 0 Å². The van der Waals surface area contributed by atoms with Crippen LogP contribution >= 0.6 is 11.6 Å². The third-order valence-electron chi connectivity index (χ3n) is 3.31. The summed E-state index contributed by atoms with van der Waals surface area (Å²) in [5, 5.41) is 2.69. The van der Waals surface area contributed by atoms with Crippen molar-refractivity contribution in [2.75, 3.05) is 0 Å². The van der Waals surface area contributed by atoms with Crippen LogP contribution in [0.2, 0.25) is 5.15 Å². The number of aromatic nitrogens is 4. The number of halogens is 1. The third kappa shape index (κ3) is 1.58. The summed E-state index contributed by atoms with van der Waals surface area (Å²) in [5.74, 6) is 0. The molecule has 0 aliphatic rings. The van der Waals surface area contributed by atoms with Gasteiger partial charge < -0.3 is 0 Å². The molecule has 0 N–H and O–H groups in total. The van der Waals surface area contributed by atoms with E-state index in [1.807, 2.05) is 28.8 Å². The van der Waals surface area contributed by atoms with E-state index in [2.05, 4.69) is 33.2 Å². The quantitative estimate of drug-likeness (QED) is 0.500. The molecule has 2 aromatic heterocycles. The number of imidazole rings is 1. The molecule has 0 saturated carbocycles. The van der Waals surface area contributed by atoms with E-state index in [0.717, 1.165) is 11.1 Å². The molecule has 0 amide bonds. The minimum atomic E-state index is 0.369. The topological polar surface area (TPSA) is 43.6 Å². The first kappa shape index (κ1) is 11.4. The summed E-state index contributed by atoms with van der Waals surface area (Å²) in [4.78, 5) is 12.6. The van der Waals surface area contributed by atoms with E-state index < -0.39 is 0 Å². The van der Waals surface area contributed by atoms with Crippen molar-refractivity contribution in [2.24, 2.45) is 0 Å². The van der Waals surface area contributed by atoms with Crippen molar-refractivity contribution in [2.45, 2.75) is 0 Å². The molecule has 4 nitrogen and oxygen atoms in total. The van der Waals surface area contributed by atoms with Crippen LogP contribution in [0.3, 0.4) is 0 Å². The first-order valence-electron chi connectivity index (χ1n) is 6.16. The largest absolute Gasteiger partial charge is 0.283 e. The maximum atomic E-state index is 6.05. The van der Waals surface area contributed by atoms with Crippen molar-refractivity contribution in [3.8, 4) is 5.69 Å². The van der Waals surface area contributed by atoms with Gasteiger partial charge in [-0.25, -0.2) is 15.0 Å². The van der Waals surface area contributed by atoms with Gasteiger partial charge in [0, 0.05) is 5.39 Å². The van der Waals surface area contributed by atoms with Gasteiger partial charge in [0.1, 0.15) is 18.2 Å². The van der Waals surface area contributed by atoms with Gasteiger partial charge in [-0.15, -0.1) is 0 Å². The number of fused-ring (bicyclic) bond motifs is 2. The molecule has 4 rings (SSSR count). The SMILES string of the molecule is Clc1ncnc2c1ncn2-c1cccc2ccccc12. The van der Waals surface area contributed by atoms with Crippen LogP contribution in [0.25, 0.3) is 27.6 Å². The van der Waals surface area contributed by atoms with Gasteiger partial charge >= 0.3 is 0 Å². The average molecular weight is 281 g/mol. The summed E-state index contributed by atoms with van der Waals surface area (Å²) in [7, 11) is 0. The highest BCUT2D eigenvalue weighted by Gasteiger charge is 2.11. The van der Waals surface area contributed by atoms with Crippen LogP contribution in [0.15, 0.2) is 55.1 Å². The van der Waals surface area contributed by atoms with Crippen LogP contribution in [-0.2, 0) is 0 Å². The van der Waals surface area contributed by atoms with Crippen LogP contribution in [0, 0.1) is 0 Å². The van der Waals surface area contributed by atoms with Crippen LogP contribution in [0.4, 0.5) is 0 Å². The van der Waals surface area contributed by atoms with Crippen molar-refractivity contribution >= 4 is 33.5 Å². The lowest BCUT2D eigenvalue weighted by molar-refractivity contribution is 1.07. The zero-order valence-corrected chi connectivity index (χ0v) is 11.1. The lowest BCUT2D eigenvalue weighted by atomic mass is 10.1. The number of benzene rings is 2. The van der Waals surface area contributed by atoms with E-state index in [1.54, 1.807) is 6.33 Å². The second kappa shape index (κ2) is 4.28. The molecule has 0 atom stereocenters. The maximum absolute atomic E-state index is 6.05. The molecule has 0 spiro atoms. The highest BCUT2D eigenvalue weighted by atomic mass is 35.5. The standard InChI is InChI=1S/C15H9ClN4/c16-14-13-15(18-8-17-14)20(9-19-13)12-7-3-5-10-4-1-2-6-11(10)12/h1-9H. The Hall–Kier alpha value is -2.46. The molecule has 96 valence electrons. The molecular formula is C15H9ClN4. The molecular weight excluding hydrogens is 272 g/mol. The summed E-state index contributed by atoms with van der Waals surface area (Å²) in [5.41, 5.74) is 2.35. The molecule has 4 aromatic rings. The Morgan fingerprint density at radius 3 is 2.70 bits per heavy atom. The Kier molecular flexibility index (Phi) is 2.44. The Morgan fingerprint density at radius 2 is 1.75 bits per heavy atom. The fraction of sp³-hybridized carbons (Fsp3) is 0. The number of rotatable bonds is 1. The number of hydrogen-bond acceptors (Lipinski definition) is 3. The van der Waals surface area contributed by atoms with E-state index in [4.69, 9.17) is 11.6 Å². The molecule has 0 aliphatic heterocycles. The molecule has 2 aromatic carbocycles. The fourth-order valence-electron chi connectivity index (χ4n) is 2.40. The summed E-state index contributed by atoms with van der Waals surface area (Å²) in [6.45, 7) is 0. The van der Waals surface area contributed by atoms with Crippen molar-refractivity contribution in [1.29, 1.82) is 0 Å². The van der Waals surface area contributed by atoms with Gasteiger partial charge in [-0.1, -0.05) is 48.0 Å². The molecule has 0 unspecified atom stereocenters.